The number of rotatable bonds is 3. The van der Waals surface area contributed by atoms with Crippen molar-refractivity contribution in [1.82, 2.24) is 15.1 Å². The Morgan fingerprint density at radius 3 is 2.79 bits per heavy atom. The fourth-order valence-corrected chi connectivity index (χ4v) is 5.71. The Balaban J connectivity index is 1.64. The van der Waals surface area contributed by atoms with Gasteiger partial charge in [0.25, 0.3) is 15.7 Å². The molecule has 5 rings (SSSR count). The summed E-state index contributed by atoms with van der Waals surface area (Å²) in [7, 11) is -3.80. The maximum atomic E-state index is 13.4. The van der Waals surface area contributed by atoms with Gasteiger partial charge < -0.3 is 4.52 Å². The summed E-state index contributed by atoms with van der Waals surface area (Å²) in [5.41, 5.74) is 2.29. The normalized spacial score (nSPS) is 14.2. The second kappa shape index (κ2) is 6.61. The van der Waals surface area contributed by atoms with Crippen LogP contribution in [0.2, 0.25) is 0 Å². The molecule has 0 saturated heterocycles. The quantitative estimate of drug-likeness (QED) is 0.510. The molecule has 28 heavy (non-hydrogen) atoms. The van der Waals surface area contributed by atoms with Crippen molar-refractivity contribution in [1.29, 1.82) is 0 Å². The molecule has 140 valence electrons. The third-order valence-electron chi connectivity index (χ3n) is 4.49. The molecule has 0 fully saturated rings. The zero-order valence-electron chi connectivity index (χ0n) is 14.5. The molecular formula is C19H14N4O3S2. The summed E-state index contributed by atoms with van der Waals surface area (Å²) in [6.07, 6.45) is 2.98. The lowest BCUT2D eigenvalue weighted by Gasteiger charge is -2.29. The fourth-order valence-electron chi connectivity index (χ4n) is 3.16. The van der Waals surface area contributed by atoms with Gasteiger partial charge in [-0.15, -0.1) is 11.8 Å². The highest BCUT2D eigenvalue weighted by Crippen LogP contribution is 2.36. The zero-order valence-corrected chi connectivity index (χ0v) is 16.2. The molecule has 9 heteroatoms. The molecule has 0 amide bonds. The third kappa shape index (κ3) is 2.74. The molecule has 0 atom stereocenters. The molecule has 0 bridgehead atoms. The second-order valence-electron chi connectivity index (χ2n) is 6.17. The second-order valence-corrected chi connectivity index (χ2v) is 9.12. The summed E-state index contributed by atoms with van der Waals surface area (Å²) in [4.78, 5) is 8.58. The van der Waals surface area contributed by atoms with E-state index in [1.165, 1.54) is 10.5 Å². The minimum absolute atomic E-state index is 0.0992. The highest BCUT2D eigenvalue weighted by atomic mass is 32.2. The van der Waals surface area contributed by atoms with E-state index < -0.39 is 10.0 Å². The van der Waals surface area contributed by atoms with Crippen LogP contribution in [0.4, 0.5) is 5.69 Å². The number of anilines is 1. The molecule has 1 aromatic carbocycles. The van der Waals surface area contributed by atoms with Crippen LogP contribution >= 0.6 is 11.8 Å². The van der Waals surface area contributed by atoms with Gasteiger partial charge in [0.05, 0.1) is 17.3 Å². The third-order valence-corrected chi connectivity index (χ3v) is 7.25. The van der Waals surface area contributed by atoms with Crippen molar-refractivity contribution >= 4 is 38.6 Å². The van der Waals surface area contributed by atoms with E-state index in [4.69, 9.17) is 4.52 Å². The van der Waals surface area contributed by atoms with E-state index >= 15 is 0 Å². The number of aromatic nitrogens is 3. The van der Waals surface area contributed by atoms with Gasteiger partial charge in [0, 0.05) is 24.1 Å². The van der Waals surface area contributed by atoms with Crippen LogP contribution in [-0.4, -0.2) is 35.8 Å². The van der Waals surface area contributed by atoms with Gasteiger partial charge in [0.1, 0.15) is 15.6 Å². The number of fused-ring (bicyclic) bond motifs is 2. The lowest BCUT2D eigenvalue weighted by Crippen LogP contribution is -2.35. The van der Waals surface area contributed by atoms with E-state index in [9.17, 15) is 8.42 Å². The number of hydrogen-bond donors (Lipinski definition) is 0. The van der Waals surface area contributed by atoms with Crippen molar-refractivity contribution in [3.63, 3.8) is 0 Å². The van der Waals surface area contributed by atoms with Crippen LogP contribution in [0, 0.1) is 0 Å². The molecule has 0 spiro atoms. The molecule has 4 heterocycles. The van der Waals surface area contributed by atoms with Crippen molar-refractivity contribution in [2.24, 2.45) is 0 Å². The van der Waals surface area contributed by atoms with Crippen molar-refractivity contribution in [3.05, 3.63) is 60.9 Å². The first-order valence-electron chi connectivity index (χ1n) is 8.56. The van der Waals surface area contributed by atoms with Gasteiger partial charge in [-0.3, -0.25) is 4.31 Å². The van der Waals surface area contributed by atoms with E-state index in [2.05, 4.69) is 15.1 Å². The lowest BCUT2D eigenvalue weighted by atomic mass is 10.1. The Kier molecular flexibility index (Phi) is 4.06. The Labute approximate surface area is 165 Å². The van der Waals surface area contributed by atoms with Crippen molar-refractivity contribution in [2.45, 2.75) is 9.92 Å². The zero-order chi connectivity index (χ0) is 19.1. The SMILES string of the molecule is O=S(=O)(c1cnc2onc(-c3ccccc3)c2c1)N1CCSc2ncccc21. The number of thioether (sulfide) groups is 1. The van der Waals surface area contributed by atoms with E-state index in [0.717, 1.165) is 5.56 Å². The highest BCUT2D eigenvalue weighted by molar-refractivity contribution is 7.99. The van der Waals surface area contributed by atoms with E-state index in [1.54, 1.807) is 36.2 Å². The molecule has 0 aliphatic carbocycles. The smallest absolute Gasteiger partial charge is 0.265 e. The van der Waals surface area contributed by atoms with Gasteiger partial charge in [-0.25, -0.2) is 18.4 Å². The summed E-state index contributed by atoms with van der Waals surface area (Å²) in [5.74, 6) is 0.640. The molecule has 0 unspecified atom stereocenters. The van der Waals surface area contributed by atoms with Crippen LogP contribution in [0.15, 0.2) is 75.4 Å². The number of pyridine rings is 2. The van der Waals surface area contributed by atoms with Gasteiger partial charge in [-0.2, -0.15) is 0 Å². The van der Waals surface area contributed by atoms with Gasteiger partial charge >= 0.3 is 0 Å². The Hall–Kier alpha value is -2.91. The molecule has 0 saturated carbocycles. The highest BCUT2D eigenvalue weighted by Gasteiger charge is 2.31. The molecule has 7 nitrogen and oxygen atoms in total. The largest absolute Gasteiger partial charge is 0.335 e. The first-order valence-corrected chi connectivity index (χ1v) is 11.0. The first kappa shape index (κ1) is 17.2. The van der Waals surface area contributed by atoms with Crippen molar-refractivity contribution in [3.8, 4) is 11.3 Å². The maximum absolute atomic E-state index is 13.4. The number of benzene rings is 1. The van der Waals surface area contributed by atoms with Crippen LogP contribution in [-0.2, 0) is 10.0 Å². The number of nitrogens with zero attached hydrogens (tertiary/aromatic N) is 4. The van der Waals surface area contributed by atoms with Gasteiger partial charge in [-0.1, -0.05) is 35.5 Å². The molecule has 1 aliphatic heterocycles. The Bertz CT molecular complexity index is 1270. The molecular weight excluding hydrogens is 396 g/mol. The summed E-state index contributed by atoms with van der Waals surface area (Å²) in [6.45, 7) is 0.374. The summed E-state index contributed by atoms with van der Waals surface area (Å²) in [6, 6.07) is 14.5. The average molecular weight is 410 g/mol. The molecule has 1 aliphatic rings. The minimum atomic E-state index is -3.80. The predicted molar refractivity (Wildman–Crippen MR) is 107 cm³/mol. The standard InChI is InChI=1S/C19H14N4O3S2/c24-28(25,23-9-10-27-19-16(23)7-4-8-20-19)14-11-15-17(13-5-2-1-3-6-13)22-26-18(15)21-12-14/h1-8,11-12H,9-10H2. The van der Waals surface area contributed by atoms with Gasteiger partial charge in [-0.05, 0) is 18.2 Å². The fraction of sp³-hybridized carbons (Fsp3) is 0.105. The van der Waals surface area contributed by atoms with Crippen LogP contribution in [0.25, 0.3) is 22.4 Å². The topological polar surface area (TPSA) is 89.2 Å². The summed E-state index contributed by atoms with van der Waals surface area (Å²) < 4.78 is 33.4. The van der Waals surface area contributed by atoms with Crippen LogP contribution in [0.3, 0.4) is 0 Å². The van der Waals surface area contributed by atoms with Crippen molar-refractivity contribution < 1.29 is 12.9 Å². The summed E-state index contributed by atoms with van der Waals surface area (Å²) >= 11 is 1.55. The predicted octanol–water partition coefficient (Wildman–Crippen LogP) is 3.59. The monoisotopic (exact) mass is 410 g/mol. The number of hydrogen-bond acceptors (Lipinski definition) is 7. The van der Waals surface area contributed by atoms with Crippen LogP contribution < -0.4 is 4.31 Å². The first-order chi connectivity index (χ1) is 13.6. The molecule has 0 N–H and O–H groups in total. The van der Waals surface area contributed by atoms with Crippen LogP contribution in [0.5, 0.6) is 0 Å². The Morgan fingerprint density at radius 1 is 1.07 bits per heavy atom. The molecule has 3 aromatic heterocycles. The Morgan fingerprint density at radius 2 is 1.93 bits per heavy atom. The van der Waals surface area contributed by atoms with Crippen LogP contribution in [0.1, 0.15) is 0 Å². The number of sulfonamides is 1. The van der Waals surface area contributed by atoms with E-state index in [1.807, 2.05) is 30.3 Å². The summed E-state index contributed by atoms with van der Waals surface area (Å²) in [5, 5.41) is 5.35. The maximum Gasteiger partial charge on any atom is 0.265 e. The van der Waals surface area contributed by atoms with Gasteiger partial charge in [0.15, 0.2) is 0 Å². The van der Waals surface area contributed by atoms with Gasteiger partial charge in [0.2, 0.25) is 0 Å². The average Bonchev–Trinajstić information content (AvgIpc) is 3.17. The molecule has 4 aromatic rings. The lowest BCUT2D eigenvalue weighted by molar-refractivity contribution is 0.451. The minimum Gasteiger partial charge on any atom is -0.335 e. The van der Waals surface area contributed by atoms with E-state index in [-0.39, 0.29) is 4.90 Å². The molecule has 0 radical (unpaired) electrons. The van der Waals surface area contributed by atoms with Crippen molar-refractivity contribution in [2.75, 3.05) is 16.6 Å². The van der Waals surface area contributed by atoms with E-state index in [0.29, 0.717) is 39.8 Å².